The number of benzene rings is 2. The van der Waals surface area contributed by atoms with Crippen molar-refractivity contribution in [1.82, 2.24) is 19.3 Å². The minimum absolute atomic E-state index is 0.178. The summed E-state index contributed by atoms with van der Waals surface area (Å²) in [6.45, 7) is 0.0886. The molecule has 202 valence electrons. The number of hydrogen-bond donors (Lipinski definition) is 5. The highest BCUT2D eigenvalue weighted by atomic mass is 32.2. The standard InChI is InChI=1S/C26H26N6O6S/c27-24-21-18(11-10-16-6-8-17(9-7-16)14-37-19-4-2-1-3-5-19)13-32(25(21)30-15-29-24)26-23(34)22(33)20(38-26)12-31-39(28,35)36/h1-9,13,15,20,22-23,26,31,33-34H,12,14H2,(H2,27,29,30)(H2,28,35,36)/t20-,22-,23-,26-/m1/s1. The Morgan fingerprint density at radius 1 is 1.05 bits per heavy atom. The monoisotopic (exact) mass is 550 g/mol. The lowest BCUT2D eigenvalue weighted by atomic mass is 10.1. The summed E-state index contributed by atoms with van der Waals surface area (Å²) in [7, 11) is -4.02. The van der Waals surface area contributed by atoms with Gasteiger partial charge < -0.3 is 30.0 Å². The van der Waals surface area contributed by atoms with E-state index >= 15 is 0 Å². The van der Waals surface area contributed by atoms with Crippen LogP contribution in [0.25, 0.3) is 11.0 Å². The van der Waals surface area contributed by atoms with Crippen molar-refractivity contribution >= 4 is 27.1 Å². The molecule has 1 fully saturated rings. The van der Waals surface area contributed by atoms with Crippen LogP contribution in [0.5, 0.6) is 5.75 Å². The van der Waals surface area contributed by atoms with Gasteiger partial charge in [0.1, 0.15) is 48.5 Å². The second kappa shape index (κ2) is 11.0. The van der Waals surface area contributed by atoms with Crippen molar-refractivity contribution in [2.24, 2.45) is 5.14 Å². The van der Waals surface area contributed by atoms with Crippen molar-refractivity contribution in [3.63, 3.8) is 0 Å². The fourth-order valence-electron chi connectivity index (χ4n) is 4.23. The summed E-state index contributed by atoms with van der Waals surface area (Å²) in [5, 5.41) is 26.5. The van der Waals surface area contributed by atoms with Crippen LogP contribution in [-0.2, 0) is 21.6 Å². The Kier molecular flexibility index (Phi) is 7.49. The van der Waals surface area contributed by atoms with Crippen molar-refractivity contribution in [2.45, 2.75) is 31.1 Å². The number of nitrogen functional groups attached to an aromatic ring is 1. The van der Waals surface area contributed by atoms with Gasteiger partial charge in [-0.3, -0.25) is 0 Å². The predicted octanol–water partition coefficient (Wildman–Crippen LogP) is 0.405. The minimum atomic E-state index is -4.02. The molecule has 39 heavy (non-hydrogen) atoms. The van der Waals surface area contributed by atoms with E-state index in [1.54, 1.807) is 6.20 Å². The van der Waals surface area contributed by atoms with Crippen LogP contribution in [0.1, 0.15) is 22.9 Å². The first-order chi connectivity index (χ1) is 18.7. The molecule has 0 bridgehead atoms. The molecule has 7 N–H and O–H groups in total. The molecule has 0 amide bonds. The normalized spacial score (nSPS) is 21.0. The molecule has 0 unspecified atom stereocenters. The highest BCUT2D eigenvalue weighted by Gasteiger charge is 2.44. The first-order valence-electron chi connectivity index (χ1n) is 11.9. The Labute approximate surface area is 224 Å². The van der Waals surface area contributed by atoms with Gasteiger partial charge in [0.2, 0.25) is 0 Å². The van der Waals surface area contributed by atoms with Crippen molar-refractivity contribution in [3.8, 4) is 17.6 Å². The van der Waals surface area contributed by atoms with Crippen LogP contribution in [0.2, 0.25) is 0 Å². The smallest absolute Gasteiger partial charge is 0.274 e. The first kappa shape index (κ1) is 26.6. The van der Waals surface area contributed by atoms with Crippen molar-refractivity contribution < 1.29 is 28.1 Å². The van der Waals surface area contributed by atoms with Crippen LogP contribution in [0.15, 0.2) is 67.1 Å². The number of nitrogens with one attached hydrogen (secondary N) is 1. The van der Waals surface area contributed by atoms with E-state index in [-0.39, 0.29) is 12.4 Å². The molecular formula is C26H26N6O6S. The van der Waals surface area contributed by atoms with E-state index in [1.165, 1.54) is 10.9 Å². The Morgan fingerprint density at radius 2 is 1.79 bits per heavy atom. The highest BCUT2D eigenvalue weighted by molar-refractivity contribution is 7.87. The molecule has 1 saturated heterocycles. The molecule has 4 aromatic rings. The van der Waals surface area contributed by atoms with Gasteiger partial charge in [0, 0.05) is 18.3 Å². The predicted molar refractivity (Wildman–Crippen MR) is 142 cm³/mol. The number of nitrogens with zero attached hydrogens (tertiary/aromatic N) is 3. The third kappa shape index (κ3) is 6.02. The van der Waals surface area contributed by atoms with Crippen molar-refractivity contribution in [1.29, 1.82) is 0 Å². The zero-order valence-electron chi connectivity index (χ0n) is 20.5. The molecular weight excluding hydrogens is 524 g/mol. The van der Waals surface area contributed by atoms with E-state index in [9.17, 15) is 18.6 Å². The maximum Gasteiger partial charge on any atom is 0.274 e. The summed E-state index contributed by atoms with van der Waals surface area (Å²) in [5.74, 6) is 7.13. The van der Waals surface area contributed by atoms with E-state index in [2.05, 4.69) is 26.5 Å². The van der Waals surface area contributed by atoms with Crippen LogP contribution >= 0.6 is 0 Å². The number of ether oxygens (including phenoxy) is 2. The highest BCUT2D eigenvalue weighted by Crippen LogP contribution is 2.34. The second-order valence-corrected chi connectivity index (χ2v) is 10.3. The fourth-order valence-corrected chi connectivity index (χ4v) is 4.63. The molecule has 1 aliphatic rings. The van der Waals surface area contributed by atoms with E-state index in [4.69, 9.17) is 20.3 Å². The topological polar surface area (TPSA) is 188 Å². The maximum absolute atomic E-state index is 11.3. The summed E-state index contributed by atoms with van der Waals surface area (Å²) < 4.78 is 37.6. The van der Waals surface area contributed by atoms with E-state index in [0.29, 0.717) is 23.2 Å². The number of aliphatic hydroxyl groups excluding tert-OH is 2. The zero-order valence-corrected chi connectivity index (χ0v) is 21.3. The number of anilines is 1. The largest absolute Gasteiger partial charge is 0.489 e. The maximum atomic E-state index is 11.3. The number of fused-ring (bicyclic) bond motifs is 1. The summed E-state index contributed by atoms with van der Waals surface area (Å²) in [6, 6.07) is 17.1. The number of nitrogens with two attached hydrogens (primary N) is 2. The van der Waals surface area contributed by atoms with Gasteiger partial charge in [-0.05, 0) is 29.8 Å². The van der Waals surface area contributed by atoms with Crippen LogP contribution in [0.4, 0.5) is 5.82 Å². The van der Waals surface area contributed by atoms with Crippen molar-refractivity contribution in [2.75, 3.05) is 12.3 Å². The molecule has 0 spiro atoms. The summed E-state index contributed by atoms with van der Waals surface area (Å²) in [5.41, 5.74) is 8.68. The van der Waals surface area contributed by atoms with E-state index in [0.717, 1.165) is 16.9 Å². The van der Waals surface area contributed by atoms with Crippen LogP contribution in [-0.4, -0.2) is 58.0 Å². The Bertz CT molecular complexity index is 1630. The van der Waals surface area contributed by atoms with Gasteiger partial charge in [-0.2, -0.15) is 13.1 Å². The molecule has 0 saturated carbocycles. The molecule has 13 heteroatoms. The lowest BCUT2D eigenvalue weighted by molar-refractivity contribution is -0.0327. The Hall–Kier alpha value is -4.03. The van der Waals surface area contributed by atoms with E-state index < -0.39 is 34.7 Å². The quantitative estimate of drug-likeness (QED) is 0.203. The number of para-hydroxylation sites is 1. The minimum Gasteiger partial charge on any atom is -0.489 e. The fraction of sp³-hybridized carbons (Fsp3) is 0.231. The van der Waals surface area contributed by atoms with Crippen molar-refractivity contribution in [3.05, 3.63) is 83.8 Å². The number of aromatic nitrogens is 3. The molecule has 0 radical (unpaired) electrons. The van der Waals surface area contributed by atoms with Crippen LogP contribution < -0.4 is 20.3 Å². The number of hydrogen-bond acceptors (Lipinski definition) is 9. The number of aliphatic hydroxyl groups is 2. The Morgan fingerprint density at radius 3 is 2.51 bits per heavy atom. The third-order valence-corrected chi connectivity index (χ3v) is 6.75. The molecule has 2 aromatic carbocycles. The second-order valence-electron chi connectivity index (χ2n) is 8.90. The SMILES string of the molecule is Nc1ncnc2c1c(C#Cc1ccc(COc3ccccc3)cc1)cn2[C@@H]1O[C@H](CNS(N)(=O)=O)[C@@H](O)[C@H]1O. The molecule has 5 rings (SSSR count). The van der Waals surface area contributed by atoms with Gasteiger partial charge in [-0.15, -0.1) is 0 Å². The lowest BCUT2D eigenvalue weighted by Gasteiger charge is -2.17. The summed E-state index contributed by atoms with van der Waals surface area (Å²) in [6.07, 6.45) is -2.07. The lowest BCUT2D eigenvalue weighted by Crippen LogP contribution is -2.42. The summed E-state index contributed by atoms with van der Waals surface area (Å²) in [4.78, 5) is 8.33. The Balaban J connectivity index is 1.38. The molecule has 4 atom stereocenters. The van der Waals surface area contributed by atoms with E-state index in [1.807, 2.05) is 54.6 Å². The van der Waals surface area contributed by atoms with Crippen LogP contribution in [0, 0.1) is 11.8 Å². The molecule has 12 nitrogen and oxygen atoms in total. The van der Waals surface area contributed by atoms with Gasteiger partial charge in [-0.25, -0.2) is 15.1 Å². The van der Waals surface area contributed by atoms with Gasteiger partial charge in [0.15, 0.2) is 6.23 Å². The zero-order chi connectivity index (χ0) is 27.6. The molecule has 3 heterocycles. The third-order valence-electron chi connectivity index (χ3n) is 6.18. The molecule has 1 aliphatic heterocycles. The average Bonchev–Trinajstić information content (AvgIpc) is 3.43. The molecule has 2 aromatic heterocycles. The van der Waals surface area contributed by atoms with Crippen LogP contribution in [0.3, 0.4) is 0 Å². The van der Waals surface area contributed by atoms with Gasteiger partial charge in [0.25, 0.3) is 10.2 Å². The average molecular weight is 551 g/mol. The number of rotatable bonds is 7. The van der Waals surface area contributed by atoms with Gasteiger partial charge >= 0.3 is 0 Å². The first-order valence-corrected chi connectivity index (χ1v) is 13.4. The summed E-state index contributed by atoms with van der Waals surface area (Å²) >= 11 is 0. The van der Waals surface area contributed by atoms with Gasteiger partial charge in [-0.1, -0.05) is 42.2 Å². The molecule has 0 aliphatic carbocycles. The van der Waals surface area contributed by atoms with Gasteiger partial charge in [0.05, 0.1) is 10.9 Å².